The minimum atomic E-state index is -0.466. The lowest BCUT2D eigenvalue weighted by atomic mass is 9.92. The van der Waals surface area contributed by atoms with E-state index in [0.717, 1.165) is 12.8 Å². The lowest BCUT2D eigenvalue weighted by Gasteiger charge is -2.24. The smallest absolute Gasteiger partial charge is 0.407 e. The molecule has 0 spiro atoms. The Labute approximate surface area is 114 Å². The number of alkyl carbamates (subject to hydrolysis) is 1. The van der Waals surface area contributed by atoms with Crippen LogP contribution in [0.5, 0.6) is 0 Å². The summed E-state index contributed by atoms with van der Waals surface area (Å²) in [6, 6.07) is 0.0657. The first-order chi connectivity index (χ1) is 8.85. The van der Waals surface area contributed by atoms with Crippen LogP contribution in [0.15, 0.2) is 24.3 Å². The molecule has 3 atom stereocenters. The van der Waals surface area contributed by atoms with Crippen LogP contribution in [0.4, 0.5) is 4.79 Å². The molecule has 0 aromatic rings. The van der Waals surface area contributed by atoms with Crippen molar-refractivity contribution in [3.05, 3.63) is 24.3 Å². The van der Waals surface area contributed by atoms with Gasteiger partial charge in [-0.15, -0.1) is 0 Å². The predicted octanol–water partition coefficient (Wildman–Crippen LogP) is 2.94. The maximum atomic E-state index is 11.8. The molecule has 0 aromatic carbocycles. The summed E-state index contributed by atoms with van der Waals surface area (Å²) in [5.41, 5.74) is -0.669. The Balaban J connectivity index is 1.86. The van der Waals surface area contributed by atoms with Gasteiger partial charge in [0.2, 0.25) is 0 Å². The van der Waals surface area contributed by atoms with Gasteiger partial charge in [0.15, 0.2) is 0 Å². The van der Waals surface area contributed by atoms with Gasteiger partial charge < -0.3 is 14.8 Å². The minimum Gasteiger partial charge on any atom is -0.444 e. The van der Waals surface area contributed by atoms with E-state index < -0.39 is 5.60 Å². The van der Waals surface area contributed by atoms with Crippen LogP contribution in [-0.2, 0) is 9.47 Å². The molecule has 4 nitrogen and oxygen atoms in total. The van der Waals surface area contributed by atoms with Crippen molar-refractivity contribution < 1.29 is 14.3 Å². The number of ether oxygens (including phenoxy) is 2. The third-order valence-electron chi connectivity index (χ3n) is 3.33. The van der Waals surface area contributed by atoms with E-state index >= 15 is 0 Å². The van der Waals surface area contributed by atoms with Crippen LogP contribution in [-0.4, -0.2) is 29.4 Å². The SMILES string of the molecule is CC[C@@H](C[C@]12C=CC=C[C@@H]1O2)NC(=O)OC(C)(C)C. The number of allylic oxidation sites excluding steroid dienone is 2. The fourth-order valence-electron chi connectivity index (χ4n) is 2.31. The van der Waals surface area contributed by atoms with Crippen LogP contribution in [0, 0.1) is 0 Å². The van der Waals surface area contributed by atoms with Gasteiger partial charge in [0.05, 0.1) is 0 Å². The van der Waals surface area contributed by atoms with E-state index in [2.05, 4.69) is 24.4 Å². The summed E-state index contributed by atoms with van der Waals surface area (Å²) in [5, 5.41) is 2.92. The van der Waals surface area contributed by atoms with E-state index in [1.165, 1.54) is 0 Å². The van der Waals surface area contributed by atoms with Gasteiger partial charge >= 0.3 is 6.09 Å². The Morgan fingerprint density at radius 3 is 2.79 bits per heavy atom. The van der Waals surface area contributed by atoms with Gasteiger partial charge in [-0.3, -0.25) is 0 Å². The summed E-state index contributed by atoms with van der Waals surface area (Å²) in [6.45, 7) is 7.64. The van der Waals surface area contributed by atoms with Crippen molar-refractivity contribution in [1.82, 2.24) is 5.32 Å². The molecular weight excluding hydrogens is 242 g/mol. The quantitative estimate of drug-likeness (QED) is 0.795. The molecule has 4 heteroatoms. The molecule has 0 radical (unpaired) electrons. The third kappa shape index (κ3) is 3.60. The van der Waals surface area contributed by atoms with Crippen LogP contribution in [0.1, 0.15) is 40.5 Å². The maximum Gasteiger partial charge on any atom is 0.407 e. The fourth-order valence-corrected chi connectivity index (χ4v) is 2.31. The van der Waals surface area contributed by atoms with Gasteiger partial charge in [0, 0.05) is 12.5 Å². The van der Waals surface area contributed by atoms with Crippen molar-refractivity contribution in [1.29, 1.82) is 0 Å². The number of carbonyl (C=O) groups is 1. The van der Waals surface area contributed by atoms with Gasteiger partial charge in [-0.2, -0.15) is 0 Å². The van der Waals surface area contributed by atoms with Crippen molar-refractivity contribution in [2.75, 3.05) is 0 Å². The van der Waals surface area contributed by atoms with Crippen LogP contribution >= 0.6 is 0 Å². The molecule has 0 unspecified atom stereocenters. The highest BCUT2D eigenvalue weighted by Gasteiger charge is 2.54. The van der Waals surface area contributed by atoms with Gasteiger partial charge in [-0.05, 0) is 33.3 Å². The highest BCUT2D eigenvalue weighted by atomic mass is 16.6. The van der Waals surface area contributed by atoms with Crippen LogP contribution in [0.2, 0.25) is 0 Å². The molecule has 0 saturated carbocycles. The molecule has 1 N–H and O–H groups in total. The number of amides is 1. The first kappa shape index (κ1) is 14.1. The van der Waals surface area contributed by atoms with Crippen molar-refractivity contribution in [2.45, 2.75) is 63.9 Å². The first-order valence-corrected chi connectivity index (χ1v) is 6.88. The molecule has 1 heterocycles. The fraction of sp³-hybridized carbons (Fsp3) is 0.667. The molecule has 1 aliphatic heterocycles. The molecule has 1 saturated heterocycles. The Morgan fingerprint density at radius 1 is 1.47 bits per heavy atom. The Morgan fingerprint density at radius 2 is 2.21 bits per heavy atom. The van der Waals surface area contributed by atoms with Crippen molar-refractivity contribution in [2.24, 2.45) is 0 Å². The van der Waals surface area contributed by atoms with E-state index in [0.29, 0.717) is 0 Å². The highest BCUT2D eigenvalue weighted by Crippen LogP contribution is 2.45. The summed E-state index contributed by atoms with van der Waals surface area (Å²) in [5.74, 6) is 0. The highest BCUT2D eigenvalue weighted by molar-refractivity contribution is 5.68. The summed E-state index contributed by atoms with van der Waals surface area (Å²) < 4.78 is 11.0. The third-order valence-corrected chi connectivity index (χ3v) is 3.33. The topological polar surface area (TPSA) is 50.9 Å². The second-order valence-electron chi connectivity index (χ2n) is 6.19. The maximum absolute atomic E-state index is 11.8. The van der Waals surface area contributed by atoms with E-state index in [1.807, 2.05) is 32.9 Å². The standard InChI is InChI=1S/C15H23NO3/c1-5-11(16-13(17)19-14(2,3)4)10-15-9-7-6-8-12(15)18-15/h6-9,11-12H,5,10H2,1-4H3,(H,16,17)/t11-,12-,15+/m0/s1. The lowest BCUT2D eigenvalue weighted by Crippen LogP contribution is -2.41. The molecule has 1 aliphatic carbocycles. The summed E-state index contributed by atoms with van der Waals surface area (Å²) in [7, 11) is 0. The molecule has 1 amide bonds. The Bertz CT molecular complexity index is 408. The monoisotopic (exact) mass is 265 g/mol. The number of carbonyl (C=O) groups excluding carboxylic acids is 1. The molecule has 0 aromatic heterocycles. The number of nitrogens with one attached hydrogen (secondary N) is 1. The molecule has 106 valence electrons. The molecule has 1 fully saturated rings. The second kappa shape index (κ2) is 5.00. The van der Waals surface area contributed by atoms with E-state index in [1.54, 1.807) is 0 Å². The van der Waals surface area contributed by atoms with Crippen LogP contribution in [0.25, 0.3) is 0 Å². The number of hydrogen-bond acceptors (Lipinski definition) is 3. The summed E-state index contributed by atoms with van der Waals surface area (Å²) in [6.07, 6.45) is 9.59. The van der Waals surface area contributed by atoms with Crippen molar-refractivity contribution >= 4 is 6.09 Å². The van der Waals surface area contributed by atoms with Gasteiger partial charge in [0.1, 0.15) is 17.3 Å². The van der Waals surface area contributed by atoms with Gasteiger partial charge in [0.25, 0.3) is 0 Å². The number of rotatable bonds is 4. The molecule has 2 aliphatic rings. The summed E-state index contributed by atoms with van der Waals surface area (Å²) >= 11 is 0. The Hall–Kier alpha value is -1.29. The predicted molar refractivity (Wildman–Crippen MR) is 73.9 cm³/mol. The van der Waals surface area contributed by atoms with Crippen LogP contribution in [0.3, 0.4) is 0 Å². The number of fused-ring (bicyclic) bond motifs is 1. The van der Waals surface area contributed by atoms with Gasteiger partial charge in [-0.25, -0.2) is 4.79 Å². The second-order valence-corrected chi connectivity index (χ2v) is 6.19. The normalized spacial score (nSPS) is 29.6. The Kier molecular flexibility index (Phi) is 3.72. The average molecular weight is 265 g/mol. The van der Waals surface area contributed by atoms with E-state index in [9.17, 15) is 4.79 Å². The molecule has 2 rings (SSSR count). The number of epoxide rings is 1. The summed E-state index contributed by atoms with van der Waals surface area (Å²) in [4.78, 5) is 11.8. The number of hydrogen-bond donors (Lipinski definition) is 1. The first-order valence-electron chi connectivity index (χ1n) is 6.88. The largest absolute Gasteiger partial charge is 0.444 e. The molecular formula is C15H23NO3. The molecule has 19 heavy (non-hydrogen) atoms. The van der Waals surface area contributed by atoms with Crippen molar-refractivity contribution in [3.63, 3.8) is 0 Å². The van der Waals surface area contributed by atoms with Crippen LogP contribution < -0.4 is 5.32 Å². The zero-order chi connectivity index (χ0) is 14.1. The van der Waals surface area contributed by atoms with E-state index in [4.69, 9.17) is 9.47 Å². The minimum absolute atomic E-state index is 0.0657. The van der Waals surface area contributed by atoms with E-state index in [-0.39, 0.29) is 23.8 Å². The molecule has 0 bridgehead atoms. The average Bonchev–Trinajstić information content (AvgIpc) is 2.99. The zero-order valence-electron chi connectivity index (χ0n) is 12.1. The van der Waals surface area contributed by atoms with Gasteiger partial charge in [-0.1, -0.05) is 25.2 Å². The lowest BCUT2D eigenvalue weighted by molar-refractivity contribution is 0.0496. The zero-order valence-corrected chi connectivity index (χ0v) is 12.1. The van der Waals surface area contributed by atoms with Crippen molar-refractivity contribution in [3.8, 4) is 0 Å².